The molecule has 0 unspecified atom stereocenters. The lowest BCUT2D eigenvalue weighted by Gasteiger charge is -1.99. The highest BCUT2D eigenvalue weighted by Gasteiger charge is 2.22. The zero-order valence-corrected chi connectivity index (χ0v) is 13.8. The van der Waals surface area contributed by atoms with E-state index in [4.69, 9.17) is 0 Å². The molecule has 4 rings (SSSR count). The fourth-order valence-corrected chi connectivity index (χ4v) is 2.73. The van der Waals surface area contributed by atoms with Crippen molar-refractivity contribution < 1.29 is 13.5 Å². The Balaban J connectivity index is 2.05. The van der Waals surface area contributed by atoms with Crippen LogP contribution in [0.15, 0.2) is 21.1 Å². The second-order valence-corrected chi connectivity index (χ2v) is 7.67. The summed E-state index contributed by atoms with van der Waals surface area (Å²) in [5.74, 6) is -0.343. The Bertz CT molecular complexity index is 1260. The average Bonchev–Trinajstić information content (AvgIpc) is 3.15. The highest BCUT2D eigenvalue weighted by molar-refractivity contribution is 7.90. The lowest BCUT2D eigenvalue weighted by atomic mass is 10.3. The molecule has 1 aliphatic rings. The third-order valence-electron chi connectivity index (χ3n) is 3.57. The predicted octanol–water partition coefficient (Wildman–Crippen LogP) is -2.14. The molecule has 12 heteroatoms. The lowest BCUT2D eigenvalue weighted by Crippen LogP contribution is -2.26. The Kier molecular flexibility index (Phi) is 3.25. The molecule has 3 aromatic rings. The molecular formula is C13H13N7O4S. The normalized spacial score (nSPS) is 16.8. The summed E-state index contributed by atoms with van der Waals surface area (Å²) in [6.07, 6.45) is 5.69. The highest BCUT2D eigenvalue weighted by Crippen LogP contribution is 2.22. The molecule has 0 radical (unpaired) electrons. The molecule has 130 valence electrons. The number of aromatic nitrogens is 6. The maximum absolute atomic E-state index is 11.9. The number of sulfone groups is 1. The molecule has 0 atom stereocenters. The quantitative estimate of drug-likeness (QED) is 0.479. The Labute approximate surface area is 139 Å². The van der Waals surface area contributed by atoms with Crippen LogP contribution in [0.2, 0.25) is 0 Å². The summed E-state index contributed by atoms with van der Waals surface area (Å²) in [6, 6.07) is 0.104. The van der Waals surface area contributed by atoms with Crippen molar-refractivity contribution in [3.63, 3.8) is 0 Å². The van der Waals surface area contributed by atoms with Crippen LogP contribution >= 0.6 is 0 Å². The van der Waals surface area contributed by atoms with Crippen molar-refractivity contribution in [1.82, 2.24) is 29.5 Å². The number of H-pyrrole nitrogens is 2. The van der Waals surface area contributed by atoms with Crippen LogP contribution < -0.4 is 16.5 Å². The summed E-state index contributed by atoms with van der Waals surface area (Å²) >= 11 is 0. The van der Waals surface area contributed by atoms with Crippen molar-refractivity contribution in [1.29, 1.82) is 0 Å². The smallest absolute Gasteiger partial charge is 0.326 e. The van der Waals surface area contributed by atoms with Crippen molar-refractivity contribution in [2.75, 3.05) is 6.26 Å². The largest absolute Gasteiger partial charge is 0.493 e. The number of imidazole rings is 1. The van der Waals surface area contributed by atoms with E-state index in [-0.39, 0.29) is 34.0 Å². The molecule has 0 aliphatic heterocycles. The van der Waals surface area contributed by atoms with Crippen molar-refractivity contribution in [3.05, 3.63) is 33.2 Å². The molecule has 1 fully saturated rings. The number of aromatic hydroxyl groups is 1. The van der Waals surface area contributed by atoms with Gasteiger partial charge < -0.3 is 10.1 Å². The zero-order valence-electron chi connectivity index (χ0n) is 13.0. The summed E-state index contributed by atoms with van der Waals surface area (Å²) in [5.41, 5.74) is -0.0909. The molecule has 0 amide bonds. The van der Waals surface area contributed by atoms with Gasteiger partial charge in [0.05, 0.1) is 12.2 Å². The second-order valence-electron chi connectivity index (χ2n) is 5.76. The number of fused-ring (bicyclic) bond motifs is 1. The third-order valence-corrected chi connectivity index (χ3v) is 4.42. The van der Waals surface area contributed by atoms with Gasteiger partial charge in [-0.1, -0.05) is 0 Å². The first kappa shape index (κ1) is 15.5. The first-order valence-corrected chi connectivity index (χ1v) is 9.23. The minimum Gasteiger partial charge on any atom is -0.493 e. The Hall–Kier alpha value is -3.02. The molecule has 1 aliphatic carbocycles. The van der Waals surface area contributed by atoms with Gasteiger partial charge in [-0.05, 0) is 18.9 Å². The predicted molar refractivity (Wildman–Crippen MR) is 84.3 cm³/mol. The average molecular weight is 363 g/mol. The molecular weight excluding hydrogens is 350 g/mol. The number of hydrogen-bond acceptors (Lipinski definition) is 8. The molecule has 0 aromatic carbocycles. The molecule has 0 bridgehead atoms. The van der Waals surface area contributed by atoms with Gasteiger partial charge in [-0.15, -0.1) is 0 Å². The molecule has 3 heterocycles. The maximum Gasteiger partial charge on any atom is 0.326 e. The van der Waals surface area contributed by atoms with Gasteiger partial charge in [-0.3, -0.25) is 4.98 Å². The second kappa shape index (κ2) is 5.24. The highest BCUT2D eigenvalue weighted by atomic mass is 32.2. The van der Waals surface area contributed by atoms with Gasteiger partial charge in [0, 0.05) is 11.5 Å². The number of hydrogen-bond donors (Lipinski definition) is 3. The van der Waals surface area contributed by atoms with E-state index in [2.05, 4.69) is 30.0 Å². The van der Waals surface area contributed by atoms with E-state index >= 15 is 0 Å². The van der Waals surface area contributed by atoms with Crippen LogP contribution in [0.25, 0.3) is 11.7 Å². The van der Waals surface area contributed by atoms with E-state index in [0.717, 1.165) is 19.1 Å². The third kappa shape index (κ3) is 2.91. The molecule has 11 nitrogen and oxygen atoms in total. The zero-order chi connectivity index (χ0) is 17.8. The maximum atomic E-state index is 11.9. The van der Waals surface area contributed by atoms with E-state index in [9.17, 15) is 18.3 Å². The standard InChI is InChI=1S/C13H13N7O4S/c1-25(23,24)13-17-9-6(4-8-10(21)18-12(22)16-8)5-14-20(9)11(19-13)15-7-2-3-7/h4-5,7,21H,2-3H2,1H3,(H2,16,18,22)/b6-4+,15-11?. The Morgan fingerprint density at radius 2 is 2.12 bits per heavy atom. The van der Waals surface area contributed by atoms with E-state index in [1.165, 1.54) is 16.8 Å². The van der Waals surface area contributed by atoms with Crippen LogP contribution in [-0.4, -0.2) is 55.4 Å². The summed E-state index contributed by atoms with van der Waals surface area (Å²) < 4.78 is 25.1. The Morgan fingerprint density at radius 1 is 1.36 bits per heavy atom. The van der Waals surface area contributed by atoms with Crippen molar-refractivity contribution in [2.45, 2.75) is 24.0 Å². The van der Waals surface area contributed by atoms with Gasteiger partial charge in [-0.25, -0.2) is 18.2 Å². The van der Waals surface area contributed by atoms with Crippen LogP contribution in [0.3, 0.4) is 0 Å². The fourth-order valence-electron chi connectivity index (χ4n) is 2.23. The van der Waals surface area contributed by atoms with E-state index in [1.54, 1.807) is 0 Å². The van der Waals surface area contributed by atoms with Gasteiger partial charge in [0.15, 0.2) is 5.65 Å². The van der Waals surface area contributed by atoms with Crippen molar-refractivity contribution in [3.8, 4) is 5.88 Å². The SMILES string of the molecule is CS(=O)(=O)c1nc(=NC2CC2)n2nc/c(=C\c3[nH]c(=O)[nH]c3O)c2n1. The number of nitrogens with one attached hydrogen (secondary N) is 2. The lowest BCUT2D eigenvalue weighted by molar-refractivity contribution is 0.454. The van der Waals surface area contributed by atoms with Crippen LogP contribution in [0.5, 0.6) is 5.88 Å². The van der Waals surface area contributed by atoms with Gasteiger partial charge in [0.2, 0.25) is 15.7 Å². The van der Waals surface area contributed by atoms with Crippen molar-refractivity contribution >= 4 is 21.6 Å². The van der Waals surface area contributed by atoms with Gasteiger partial charge >= 0.3 is 5.69 Å². The van der Waals surface area contributed by atoms with E-state index in [1.807, 2.05) is 0 Å². The van der Waals surface area contributed by atoms with Crippen LogP contribution in [0, 0.1) is 0 Å². The molecule has 3 N–H and O–H groups in total. The molecule has 0 saturated heterocycles. The van der Waals surface area contributed by atoms with E-state index < -0.39 is 15.5 Å². The van der Waals surface area contributed by atoms with Crippen LogP contribution in [-0.2, 0) is 9.84 Å². The number of nitrogens with zero attached hydrogens (tertiary/aromatic N) is 5. The topological polar surface area (TPSA) is 158 Å². The van der Waals surface area contributed by atoms with E-state index in [0.29, 0.717) is 5.22 Å². The number of aromatic amines is 2. The summed E-state index contributed by atoms with van der Waals surface area (Å²) in [7, 11) is -3.65. The molecule has 3 aromatic heterocycles. The minimum absolute atomic E-state index is 0.104. The first-order valence-electron chi connectivity index (χ1n) is 7.34. The van der Waals surface area contributed by atoms with Crippen LogP contribution in [0.4, 0.5) is 0 Å². The fraction of sp³-hybridized carbons (Fsp3) is 0.308. The summed E-state index contributed by atoms with van der Waals surface area (Å²) in [6.45, 7) is 0. The van der Waals surface area contributed by atoms with Crippen LogP contribution in [0.1, 0.15) is 18.5 Å². The molecule has 0 spiro atoms. The summed E-state index contributed by atoms with van der Waals surface area (Å²) in [4.78, 5) is 28.3. The summed E-state index contributed by atoms with van der Waals surface area (Å²) in [5, 5.41) is 13.9. The first-order chi connectivity index (χ1) is 11.8. The molecule has 25 heavy (non-hydrogen) atoms. The molecule has 1 saturated carbocycles. The van der Waals surface area contributed by atoms with Gasteiger partial charge in [0.1, 0.15) is 5.69 Å². The van der Waals surface area contributed by atoms with Crippen molar-refractivity contribution in [2.24, 2.45) is 4.99 Å². The minimum atomic E-state index is -3.65. The monoisotopic (exact) mass is 363 g/mol. The van der Waals surface area contributed by atoms with Gasteiger partial charge in [0.25, 0.3) is 10.8 Å². The number of rotatable bonds is 3. The Morgan fingerprint density at radius 3 is 2.72 bits per heavy atom. The van der Waals surface area contributed by atoms with Gasteiger partial charge in [-0.2, -0.15) is 19.6 Å².